The maximum absolute atomic E-state index is 14.1. The number of thiophene rings is 1. The molecule has 5 aromatic rings. The minimum Gasteiger partial charge on any atom is -0.292 e. The van der Waals surface area contributed by atoms with Crippen molar-refractivity contribution >= 4 is 11.3 Å². The van der Waals surface area contributed by atoms with Crippen molar-refractivity contribution in [2.45, 2.75) is 26.8 Å². The van der Waals surface area contributed by atoms with Gasteiger partial charge in [0.15, 0.2) is 0 Å². The zero-order valence-electron chi connectivity index (χ0n) is 19.8. The zero-order valence-corrected chi connectivity index (χ0v) is 20.6. The molecule has 0 aliphatic heterocycles. The third kappa shape index (κ3) is 4.47. The van der Waals surface area contributed by atoms with Crippen LogP contribution < -0.4 is 5.56 Å². The number of aryl methyl sites for hydroxylation is 4. The van der Waals surface area contributed by atoms with Gasteiger partial charge in [0.2, 0.25) is 0 Å². The molecule has 0 atom stereocenters. The molecule has 0 radical (unpaired) electrons. The Kier molecular flexibility index (Phi) is 6.17. The average Bonchev–Trinajstić information content (AvgIpc) is 3.43. The Bertz CT molecular complexity index is 1570. The maximum atomic E-state index is 14.1. The Hall–Kier alpha value is -3.84. The van der Waals surface area contributed by atoms with Crippen molar-refractivity contribution in [2.24, 2.45) is 7.05 Å². The number of nitrogens with zero attached hydrogens (tertiary/aromatic N) is 4. The lowest BCUT2D eigenvalue weighted by molar-refractivity contribution is 0.626. The summed E-state index contributed by atoms with van der Waals surface area (Å²) in [4.78, 5) is 20.8. The van der Waals surface area contributed by atoms with Crippen molar-refractivity contribution in [1.29, 1.82) is 0 Å². The summed E-state index contributed by atoms with van der Waals surface area (Å²) in [6.07, 6.45) is 2.43. The summed E-state index contributed by atoms with van der Waals surface area (Å²) in [6.45, 7) is 4.34. The van der Waals surface area contributed by atoms with E-state index in [2.05, 4.69) is 5.10 Å². The summed E-state index contributed by atoms with van der Waals surface area (Å²) < 4.78 is 17.6. The van der Waals surface area contributed by atoms with Gasteiger partial charge in [-0.25, -0.2) is 9.37 Å². The zero-order chi connectivity index (χ0) is 24.5. The molecular formula is C28H25FN4OS. The third-order valence-electron chi connectivity index (χ3n) is 6.16. The van der Waals surface area contributed by atoms with E-state index in [0.29, 0.717) is 35.6 Å². The van der Waals surface area contributed by atoms with Crippen LogP contribution >= 0.6 is 11.3 Å². The second kappa shape index (κ2) is 9.43. The van der Waals surface area contributed by atoms with Gasteiger partial charge in [-0.05, 0) is 50.1 Å². The lowest BCUT2D eigenvalue weighted by atomic mass is 10.1. The van der Waals surface area contributed by atoms with Crippen molar-refractivity contribution in [3.8, 4) is 33.1 Å². The number of halogens is 1. The van der Waals surface area contributed by atoms with Crippen LogP contribution in [0.1, 0.15) is 16.1 Å². The van der Waals surface area contributed by atoms with Gasteiger partial charge in [0.25, 0.3) is 5.56 Å². The van der Waals surface area contributed by atoms with Gasteiger partial charge in [-0.3, -0.25) is 14.0 Å². The van der Waals surface area contributed by atoms with Crippen LogP contribution in [0.3, 0.4) is 0 Å². The minimum atomic E-state index is -0.359. The third-order valence-corrected chi connectivity index (χ3v) is 7.23. The van der Waals surface area contributed by atoms with Gasteiger partial charge in [-0.2, -0.15) is 5.10 Å². The van der Waals surface area contributed by atoms with Gasteiger partial charge in [0, 0.05) is 40.7 Å². The molecule has 0 aliphatic carbocycles. The van der Waals surface area contributed by atoms with Crippen molar-refractivity contribution in [1.82, 2.24) is 19.3 Å². The largest absolute Gasteiger partial charge is 0.292 e. The van der Waals surface area contributed by atoms with Crippen LogP contribution in [0.4, 0.5) is 4.39 Å². The van der Waals surface area contributed by atoms with Gasteiger partial charge < -0.3 is 0 Å². The summed E-state index contributed by atoms with van der Waals surface area (Å²) in [6, 6.07) is 20.3. The molecule has 35 heavy (non-hydrogen) atoms. The molecule has 0 saturated heterocycles. The van der Waals surface area contributed by atoms with E-state index >= 15 is 0 Å². The molecule has 3 aromatic heterocycles. The number of rotatable bonds is 6. The van der Waals surface area contributed by atoms with Gasteiger partial charge in [-0.1, -0.05) is 42.5 Å². The lowest BCUT2D eigenvalue weighted by Gasteiger charge is -2.16. The lowest BCUT2D eigenvalue weighted by Crippen LogP contribution is -2.27. The Morgan fingerprint density at radius 1 is 1.00 bits per heavy atom. The number of aromatic nitrogens is 4. The van der Waals surface area contributed by atoms with Crippen molar-refractivity contribution in [3.63, 3.8) is 0 Å². The summed E-state index contributed by atoms with van der Waals surface area (Å²) in [5.74, 6) is 0.120. The summed E-state index contributed by atoms with van der Waals surface area (Å²) in [5, 5.41) is 4.28. The van der Waals surface area contributed by atoms with Crippen LogP contribution in [-0.2, 0) is 20.0 Å². The molecule has 5 rings (SSSR count). The first-order chi connectivity index (χ1) is 16.9. The quantitative estimate of drug-likeness (QED) is 0.295. The molecule has 0 aliphatic rings. The highest BCUT2D eigenvalue weighted by atomic mass is 32.1. The highest BCUT2D eigenvalue weighted by Crippen LogP contribution is 2.36. The second-order valence-corrected chi connectivity index (χ2v) is 9.78. The predicted molar refractivity (Wildman–Crippen MR) is 139 cm³/mol. The average molecular weight is 485 g/mol. The second-order valence-electron chi connectivity index (χ2n) is 8.52. The maximum Gasteiger partial charge on any atom is 0.262 e. The molecule has 5 nitrogen and oxygen atoms in total. The smallest absolute Gasteiger partial charge is 0.262 e. The van der Waals surface area contributed by atoms with E-state index in [-0.39, 0.29) is 11.4 Å². The van der Waals surface area contributed by atoms with Gasteiger partial charge in [0.05, 0.1) is 17.0 Å². The van der Waals surface area contributed by atoms with Crippen molar-refractivity contribution in [3.05, 3.63) is 105 Å². The Morgan fingerprint density at radius 2 is 1.80 bits per heavy atom. The molecule has 2 aromatic carbocycles. The molecule has 176 valence electrons. The monoisotopic (exact) mass is 484 g/mol. The number of benzene rings is 2. The predicted octanol–water partition coefficient (Wildman–Crippen LogP) is 6.04. The fourth-order valence-electron chi connectivity index (χ4n) is 4.38. The normalized spacial score (nSPS) is 11.2. The SMILES string of the molecule is Cc1nc(-c2cccc(F)c2)n(CCc2ccccc2)c(=O)c1-c1cc(-c2ccnn2C)c(C)s1. The molecule has 0 bridgehead atoms. The van der Waals surface area contributed by atoms with Crippen LogP contribution in [0.2, 0.25) is 0 Å². The van der Waals surface area contributed by atoms with Crippen LogP contribution in [0.5, 0.6) is 0 Å². The summed E-state index contributed by atoms with van der Waals surface area (Å²) in [5.41, 5.74) is 4.85. The van der Waals surface area contributed by atoms with Crippen molar-refractivity contribution < 1.29 is 4.39 Å². The first kappa shape index (κ1) is 22.9. The van der Waals surface area contributed by atoms with E-state index in [1.54, 1.807) is 34.2 Å². The first-order valence-electron chi connectivity index (χ1n) is 11.4. The van der Waals surface area contributed by atoms with Crippen LogP contribution in [0.15, 0.2) is 77.7 Å². The molecule has 0 saturated carbocycles. The van der Waals surface area contributed by atoms with E-state index in [9.17, 15) is 9.18 Å². The highest BCUT2D eigenvalue weighted by Gasteiger charge is 2.21. The van der Waals surface area contributed by atoms with E-state index in [1.165, 1.54) is 12.1 Å². The fraction of sp³-hybridized carbons (Fsp3) is 0.179. The molecule has 0 unspecified atom stereocenters. The van der Waals surface area contributed by atoms with E-state index < -0.39 is 0 Å². The van der Waals surface area contributed by atoms with Gasteiger partial charge in [0.1, 0.15) is 11.6 Å². The Labute approximate surface area is 207 Å². The minimum absolute atomic E-state index is 0.120. The fourth-order valence-corrected chi connectivity index (χ4v) is 5.50. The Morgan fingerprint density at radius 3 is 2.51 bits per heavy atom. The molecular weight excluding hydrogens is 459 g/mol. The standard InChI is InChI=1S/C28H25FN4OS/c1-18-26(25-17-23(19(2)35-25)24-12-14-30-32(24)3)28(34)33(15-13-20-8-5-4-6-9-20)27(31-18)21-10-7-11-22(29)16-21/h4-12,14,16-17H,13,15H2,1-3H3. The Balaban J connectivity index is 1.66. The highest BCUT2D eigenvalue weighted by molar-refractivity contribution is 7.16. The topological polar surface area (TPSA) is 52.7 Å². The van der Waals surface area contributed by atoms with E-state index in [4.69, 9.17) is 4.98 Å². The molecule has 0 fully saturated rings. The van der Waals surface area contributed by atoms with Crippen LogP contribution in [-0.4, -0.2) is 19.3 Å². The summed E-state index contributed by atoms with van der Waals surface area (Å²) in [7, 11) is 1.91. The molecule has 3 heterocycles. The van der Waals surface area contributed by atoms with Gasteiger partial charge >= 0.3 is 0 Å². The molecule has 0 amide bonds. The van der Waals surface area contributed by atoms with E-state index in [0.717, 1.165) is 26.6 Å². The number of hydrogen-bond acceptors (Lipinski definition) is 4. The molecule has 0 N–H and O–H groups in total. The summed E-state index contributed by atoms with van der Waals surface area (Å²) >= 11 is 1.58. The van der Waals surface area contributed by atoms with Crippen molar-refractivity contribution in [2.75, 3.05) is 0 Å². The van der Waals surface area contributed by atoms with E-state index in [1.807, 2.05) is 68.0 Å². The molecule has 0 spiro atoms. The van der Waals surface area contributed by atoms with Gasteiger partial charge in [-0.15, -0.1) is 11.3 Å². The molecule has 7 heteroatoms. The van der Waals surface area contributed by atoms with Crippen LogP contribution in [0.25, 0.3) is 33.1 Å². The number of hydrogen-bond donors (Lipinski definition) is 0. The first-order valence-corrected chi connectivity index (χ1v) is 12.2. The van der Waals surface area contributed by atoms with Crippen LogP contribution in [0, 0.1) is 19.7 Å².